The first-order valence-electron chi connectivity index (χ1n) is 5.75. The predicted octanol–water partition coefficient (Wildman–Crippen LogP) is 2.38. The molecular weight excluding hydrogens is 292 g/mol. The zero-order chi connectivity index (χ0) is 14.9. The Hall–Kier alpha value is -1.95. The summed E-state index contributed by atoms with van der Waals surface area (Å²) in [7, 11) is 0. The molecule has 0 fully saturated rings. The second-order valence-electron chi connectivity index (χ2n) is 4.39. The van der Waals surface area contributed by atoms with Crippen LogP contribution in [0.5, 0.6) is 0 Å². The SMILES string of the molecule is O=C(NC1C=CC(C(=O)O)C1)c1cc(F)c(F)cc1Cl. The number of hydrogen-bond donors (Lipinski definition) is 2. The van der Waals surface area contributed by atoms with Crippen LogP contribution in [0.1, 0.15) is 16.8 Å². The Bertz CT molecular complexity index is 604. The van der Waals surface area contributed by atoms with Gasteiger partial charge in [0.1, 0.15) is 0 Å². The lowest BCUT2D eigenvalue weighted by atomic mass is 10.1. The standard InChI is InChI=1S/C13H10ClF2NO3/c14-9-5-11(16)10(15)4-8(9)12(18)17-7-2-1-6(3-7)13(19)20/h1-2,4-7H,3H2,(H,17,18)(H,19,20). The number of benzene rings is 1. The van der Waals surface area contributed by atoms with Gasteiger partial charge < -0.3 is 10.4 Å². The van der Waals surface area contributed by atoms with Crippen molar-refractivity contribution in [3.63, 3.8) is 0 Å². The summed E-state index contributed by atoms with van der Waals surface area (Å²) in [6, 6.07) is 0.948. The van der Waals surface area contributed by atoms with Gasteiger partial charge in [0.2, 0.25) is 0 Å². The van der Waals surface area contributed by atoms with Gasteiger partial charge >= 0.3 is 5.97 Å². The van der Waals surface area contributed by atoms with E-state index in [0.29, 0.717) is 6.07 Å². The van der Waals surface area contributed by atoms with Crippen LogP contribution < -0.4 is 5.32 Å². The highest BCUT2D eigenvalue weighted by atomic mass is 35.5. The first-order valence-corrected chi connectivity index (χ1v) is 6.13. The van der Waals surface area contributed by atoms with Gasteiger partial charge in [0.15, 0.2) is 11.6 Å². The molecule has 2 atom stereocenters. The summed E-state index contributed by atoms with van der Waals surface area (Å²) in [4.78, 5) is 22.7. The van der Waals surface area contributed by atoms with Crippen LogP contribution in [0.4, 0.5) is 8.78 Å². The maximum Gasteiger partial charge on any atom is 0.310 e. The van der Waals surface area contributed by atoms with Gasteiger partial charge in [0.05, 0.1) is 16.5 Å². The van der Waals surface area contributed by atoms with E-state index in [1.54, 1.807) is 6.08 Å². The highest BCUT2D eigenvalue weighted by Gasteiger charge is 2.26. The van der Waals surface area contributed by atoms with E-state index in [4.69, 9.17) is 16.7 Å². The summed E-state index contributed by atoms with van der Waals surface area (Å²) in [6.45, 7) is 0. The maximum absolute atomic E-state index is 13.1. The molecular formula is C13H10ClF2NO3. The van der Waals surface area contributed by atoms with Gasteiger partial charge in [-0.3, -0.25) is 9.59 Å². The molecule has 0 aliphatic heterocycles. The first kappa shape index (κ1) is 14.5. The minimum atomic E-state index is -1.18. The highest BCUT2D eigenvalue weighted by Crippen LogP contribution is 2.22. The van der Waals surface area contributed by atoms with Crippen molar-refractivity contribution in [3.8, 4) is 0 Å². The van der Waals surface area contributed by atoms with Crippen LogP contribution in [0.15, 0.2) is 24.3 Å². The summed E-state index contributed by atoms with van der Waals surface area (Å²) < 4.78 is 26.0. The summed E-state index contributed by atoms with van der Waals surface area (Å²) >= 11 is 5.68. The van der Waals surface area contributed by atoms with E-state index in [2.05, 4.69) is 5.32 Å². The zero-order valence-corrected chi connectivity index (χ0v) is 10.8. The number of hydrogen-bond acceptors (Lipinski definition) is 2. The minimum absolute atomic E-state index is 0.197. The fraction of sp³-hybridized carbons (Fsp3) is 0.231. The summed E-state index contributed by atoms with van der Waals surface area (Å²) in [6.07, 6.45) is 3.23. The van der Waals surface area contributed by atoms with Crippen LogP contribution in [0.2, 0.25) is 5.02 Å². The number of carbonyl (C=O) groups excluding carboxylic acids is 1. The number of rotatable bonds is 3. The van der Waals surface area contributed by atoms with Gasteiger partial charge in [-0.1, -0.05) is 23.8 Å². The Balaban J connectivity index is 2.09. The lowest BCUT2D eigenvalue weighted by Crippen LogP contribution is -2.33. The number of nitrogens with one attached hydrogen (secondary N) is 1. The molecule has 0 aromatic heterocycles. The van der Waals surface area contributed by atoms with Gasteiger partial charge in [0.25, 0.3) is 5.91 Å². The Morgan fingerprint density at radius 3 is 2.50 bits per heavy atom. The highest BCUT2D eigenvalue weighted by molar-refractivity contribution is 6.33. The van der Waals surface area contributed by atoms with Gasteiger partial charge in [-0.2, -0.15) is 0 Å². The molecule has 20 heavy (non-hydrogen) atoms. The van der Waals surface area contributed by atoms with E-state index >= 15 is 0 Å². The topological polar surface area (TPSA) is 66.4 Å². The van der Waals surface area contributed by atoms with Crippen molar-refractivity contribution in [2.75, 3.05) is 0 Å². The molecule has 106 valence electrons. The third kappa shape index (κ3) is 2.96. The van der Waals surface area contributed by atoms with Gasteiger partial charge in [-0.05, 0) is 18.6 Å². The van der Waals surface area contributed by atoms with Crippen molar-refractivity contribution >= 4 is 23.5 Å². The second-order valence-corrected chi connectivity index (χ2v) is 4.80. The number of halogens is 3. The van der Waals surface area contributed by atoms with E-state index in [0.717, 1.165) is 6.07 Å². The number of carboxylic acid groups (broad SMARTS) is 1. The molecule has 1 amide bonds. The number of carboxylic acids is 1. The fourth-order valence-electron chi connectivity index (χ4n) is 1.93. The van der Waals surface area contributed by atoms with Crippen molar-refractivity contribution in [2.24, 2.45) is 5.92 Å². The molecule has 0 saturated carbocycles. The molecule has 0 radical (unpaired) electrons. The molecule has 1 aliphatic carbocycles. The van der Waals surface area contributed by atoms with Crippen molar-refractivity contribution < 1.29 is 23.5 Å². The maximum atomic E-state index is 13.1. The van der Waals surface area contributed by atoms with E-state index in [1.165, 1.54) is 6.08 Å². The lowest BCUT2D eigenvalue weighted by molar-refractivity contribution is -0.140. The molecule has 2 N–H and O–H groups in total. The second kappa shape index (κ2) is 5.58. The van der Waals surface area contributed by atoms with E-state index in [9.17, 15) is 18.4 Å². The average molecular weight is 302 g/mol. The normalized spacial score (nSPS) is 20.9. The monoisotopic (exact) mass is 301 g/mol. The van der Waals surface area contributed by atoms with Crippen LogP contribution >= 0.6 is 11.6 Å². The average Bonchev–Trinajstić information content (AvgIpc) is 2.82. The lowest BCUT2D eigenvalue weighted by Gasteiger charge is -2.13. The van der Waals surface area contributed by atoms with Gasteiger partial charge in [-0.15, -0.1) is 0 Å². The van der Waals surface area contributed by atoms with Crippen molar-refractivity contribution in [3.05, 3.63) is 46.5 Å². The Morgan fingerprint density at radius 1 is 1.25 bits per heavy atom. The van der Waals surface area contributed by atoms with Crippen LogP contribution in [0.25, 0.3) is 0 Å². The molecule has 0 spiro atoms. The van der Waals surface area contributed by atoms with Crippen LogP contribution in [-0.4, -0.2) is 23.0 Å². The van der Waals surface area contributed by atoms with E-state index in [1.807, 2.05) is 0 Å². The Labute approximate surface area is 118 Å². The molecule has 2 rings (SSSR count). The molecule has 1 aromatic carbocycles. The van der Waals surface area contributed by atoms with Crippen molar-refractivity contribution in [1.82, 2.24) is 5.32 Å². The zero-order valence-electron chi connectivity index (χ0n) is 10.1. The molecule has 1 aliphatic rings. The number of carbonyl (C=O) groups is 2. The number of aliphatic carboxylic acids is 1. The van der Waals surface area contributed by atoms with Crippen LogP contribution in [0, 0.1) is 17.6 Å². The van der Waals surface area contributed by atoms with E-state index in [-0.39, 0.29) is 17.0 Å². The van der Waals surface area contributed by atoms with E-state index < -0.39 is 35.5 Å². The quantitative estimate of drug-likeness (QED) is 0.665. The van der Waals surface area contributed by atoms with Crippen molar-refractivity contribution in [1.29, 1.82) is 0 Å². The molecule has 7 heteroatoms. The fourth-order valence-corrected chi connectivity index (χ4v) is 2.17. The number of amides is 1. The van der Waals surface area contributed by atoms with Crippen LogP contribution in [0.3, 0.4) is 0 Å². The molecule has 0 bridgehead atoms. The van der Waals surface area contributed by atoms with Gasteiger partial charge in [-0.25, -0.2) is 8.78 Å². The summed E-state index contributed by atoms with van der Waals surface area (Å²) in [5.41, 5.74) is -0.197. The smallest absolute Gasteiger partial charge is 0.310 e. The molecule has 4 nitrogen and oxygen atoms in total. The molecule has 0 saturated heterocycles. The van der Waals surface area contributed by atoms with Crippen molar-refractivity contribution in [2.45, 2.75) is 12.5 Å². The first-order chi connectivity index (χ1) is 9.38. The van der Waals surface area contributed by atoms with Crippen LogP contribution in [-0.2, 0) is 4.79 Å². The Morgan fingerprint density at radius 2 is 1.90 bits per heavy atom. The molecule has 1 aromatic rings. The van der Waals surface area contributed by atoms with Gasteiger partial charge in [0, 0.05) is 6.04 Å². The third-order valence-corrected chi connectivity index (χ3v) is 3.28. The Kier molecular flexibility index (Phi) is 4.04. The predicted molar refractivity (Wildman–Crippen MR) is 67.5 cm³/mol. The minimum Gasteiger partial charge on any atom is -0.481 e. The molecule has 2 unspecified atom stereocenters. The third-order valence-electron chi connectivity index (χ3n) is 2.97. The largest absolute Gasteiger partial charge is 0.481 e. The summed E-state index contributed by atoms with van der Waals surface area (Å²) in [5, 5.41) is 11.1. The summed E-state index contributed by atoms with van der Waals surface area (Å²) in [5.74, 6) is -4.65. The molecule has 0 heterocycles.